The van der Waals surface area contributed by atoms with E-state index < -0.39 is 0 Å². The predicted molar refractivity (Wildman–Crippen MR) is 55.0 cm³/mol. The molecule has 2 heterocycles. The Balaban J connectivity index is 2.62. The molecule has 0 aliphatic rings. The Kier molecular flexibility index (Phi) is 1.95. The van der Waals surface area contributed by atoms with E-state index in [9.17, 15) is 0 Å². The van der Waals surface area contributed by atoms with Crippen molar-refractivity contribution < 1.29 is 0 Å². The summed E-state index contributed by atoms with van der Waals surface area (Å²) in [5.74, 6) is 0.720. The molecule has 0 fully saturated rings. The van der Waals surface area contributed by atoms with E-state index in [-0.39, 0.29) is 0 Å². The monoisotopic (exact) mass is 240 g/mol. The van der Waals surface area contributed by atoms with Gasteiger partial charge in [0.1, 0.15) is 0 Å². The van der Waals surface area contributed by atoms with Gasteiger partial charge in [0, 0.05) is 24.8 Å². The molecule has 2 aromatic rings. The number of nitrogens with zero attached hydrogens (tertiary/aromatic N) is 4. The first kappa shape index (κ1) is 8.50. The van der Waals surface area contributed by atoms with Gasteiger partial charge in [0.2, 0.25) is 5.95 Å². The molecule has 0 amide bonds. The van der Waals surface area contributed by atoms with Gasteiger partial charge in [-0.1, -0.05) is 0 Å². The summed E-state index contributed by atoms with van der Waals surface area (Å²) in [6.07, 6.45) is 1.88. The van der Waals surface area contributed by atoms with Crippen LogP contribution in [0.15, 0.2) is 22.8 Å². The lowest BCUT2D eigenvalue weighted by Crippen LogP contribution is -2.10. The summed E-state index contributed by atoms with van der Waals surface area (Å²) in [4.78, 5) is 6.19. The molecule has 0 unspecified atom stereocenters. The van der Waals surface area contributed by atoms with Gasteiger partial charge in [0.25, 0.3) is 0 Å². The molecule has 4 nitrogen and oxygen atoms in total. The molecule has 0 saturated heterocycles. The number of anilines is 1. The zero-order chi connectivity index (χ0) is 9.42. The van der Waals surface area contributed by atoms with E-state index in [0.717, 1.165) is 16.1 Å². The van der Waals surface area contributed by atoms with Crippen LogP contribution in [-0.2, 0) is 0 Å². The van der Waals surface area contributed by atoms with Crippen LogP contribution in [0.1, 0.15) is 0 Å². The highest BCUT2D eigenvalue weighted by atomic mass is 79.9. The van der Waals surface area contributed by atoms with Crippen molar-refractivity contribution in [3.63, 3.8) is 0 Å². The van der Waals surface area contributed by atoms with Crippen molar-refractivity contribution in [3.8, 4) is 0 Å². The van der Waals surface area contributed by atoms with Gasteiger partial charge in [-0.05, 0) is 28.1 Å². The first-order valence-electron chi connectivity index (χ1n) is 3.86. The molecule has 0 atom stereocenters. The van der Waals surface area contributed by atoms with Crippen LogP contribution in [0.5, 0.6) is 0 Å². The number of fused-ring (bicyclic) bond motifs is 1. The Bertz CT molecular complexity index is 435. The van der Waals surface area contributed by atoms with Crippen LogP contribution in [0.4, 0.5) is 5.95 Å². The molecule has 13 heavy (non-hydrogen) atoms. The van der Waals surface area contributed by atoms with Crippen molar-refractivity contribution in [1.82, 2.24) is 14.6 Å². The van der Waals surface area contributed by atoms with Crippen LogP contribution in [0, 0.1) is 0 Å². The Morgan fingerprint density at radius 3 is 2.85 bits per heavy atom. The minimum atomic E-state index is 0.720. The predicted octanol–water partition coefficient (Wildman–Crippen LogP) is 1.56. The molecular formula is C8H9BrN4. The molecule has 0 aromatic carbocycles. The van der Waals surface area contributed by atoms with E-state index in [1.807, 2.05) is 37.3 Å². The van der Waals surface area contributed by atoms with Gasteiger partial charge in [-0.3, -0.25) is 0 Å². The molecule has 0 spiro atoms. The van der Waals surface area contributed by atoms with Crippen molar-refractivity contribution in [2.45, 2.75) is 0 Å². The molecular weight excluding hydrogens is 232 g/mol. The van der Waals surface area contributed by atoms with Crippen molar-refractivity contribution in [1.29, 1.82) is 0 Å². The van der Waals surface area contributed by atoms with Crippen molar-refractivity contribution in [2.75, 3.05) is 19.0 Å². The molecule has 2 rings (SSSR count). The highest BCUT2D eigenvalue weighted by Crippen LogP contribution is 2.12. The summed E-state index contributed by atoms with van der Waals surface area (Å²) < 4.78 is 2.74. The van der Waals surface area contributed by atoms with E-state index >= 15 is 0 Å². The van der Waals surface area contributed by atoms with Crippen LogP contribution < -0.4 is 4.90 Å². The van der Waals surface area contributed by atoms with Crippen molar-refractivity contribution in [3.05, 3.63) is 22.8 Å². The van der Waals surface area contributed by atoms with E-state index in [0.29, 0.717) is 0 Å². The van der Waals surface area contributed by atoms with Crippen LogP contribution in [0.25, 0.3) is 5.65 Å². The number of hydrogen-bond acceptors (Lipinski definition) is 3. The first-order chi connectivity index (χ1) is 6.16. The number of rotatable bonds is 1. The normalized spacial score (nSPS) is 10.7. The summed E-state index contributed by atoms with van der Waals surface area (Å²) in [6, 6.07) is 3.87. The Hall–Kier alpha value is -1.10. The lowest BCUT2D eigenvalue weighted by Gasteiger charge is -2.03. The van der Waals surface area contributed by atoms with Gasteiger partial charge >= 0.3 is 0 Å². The molecule has 68 valence electrons. The summed E-state index contributed by atoms with van der Waals surface area (Å²) >= 11 is 3.38. The Morgan fingerprint density at radius 2 is 2.15 bits per heavy atom. The highest BCUT2D eigenvalue weighted by Gasteiger charge is 2.04. The molecule has 0 bridgehead atoms. The van der Waals surface area contributed by atoms with Crippen LogP contribution in [0.2, 0.25) is 0 Å². The maximum Gasteiger partial charge on any atom is 0.245 e. The summed E-state index contributed by atoms with van der Waals surface area (Å²) in [5, 5.41) is 4.27. The first-order valence-corrected chi connectivity index (χ1v) is 4.65. The lowest BCUT2D eigenvalue weighted by molar-refractivity contribution is 0.924. The van der Waals surface area contributed by atoms with E-state index in [1.54, 1.807) is 4.52 Å². The fourth-order valence-electron chi connectivity index (χ4n) is 1.04. The Labute approximate surface area is 84.3 Å². The van der Waals surface area contributed by atoms with Crippen LogP contribution in [0.3, 0.4) is 0 Å². The molecule has 0 saturated carbocycles. The van der Waals surface area contributed by atoms with Gasteiger partial charge < -0.3 is 4.90 Å². The maximum atomic E-state index is 4.31. The lowest BCUT2D eigenvalue weighted by atomic mass is 10.5. The highest BCUT2D eigenvalue weighted by molar-refractivity contribution is 9.10. The minimum absolute atomic E-state index is 0.720. The van der Waals surface area contributed by atoms with Gasteiger partial charge in [-0.25, -0.2) is 4.52 Å². The molecule has 0 aliphatic heterocycles. The number of hydrogen-bond donors (Lipinski definition) is 0. The summed E-state index contributed by atoms with van der Waals surface area (Å²) in [7, 11) is 3.84. The zero-order valence-electron chi connectivity index (χ0n) is 7.40. The summed E-state index contributed by atoms with van der Waals surface area (Å²) in [5.41, 5.74) is 0.854. The maximum absolute atomic E-state index is 4.31. The quantitative estimate of drug-likeness (QED) is 0.759. The van der Waals surface area contributed by atoms with E-state index in [4.69, 9.17) is 0 Å². The van der Waals surface area contributed by atoms with Gasteiger partial charge in [0.05, 0.1) is 0 Å². The van der Waals surface area contributed by atoms with E-state index in [1.165, 1.54) is 0 Å². The number of aromatic nitrogens is 3. The molecule has 0 aliphatic carbocycles. The second kappa shape index (κ2) is 2.99. The Morgan fingerprint density at radius 1 is 1.38 bits per heavy atom. The van der Waals surface area contributed by atoms with Crippen LogP contribution in [-0.4, -0.2) is 28.7 Å². The fraction of sp³-hybridized carbons (Fsp3) is 0.250. The average Bonchev–Trinajstić information content (AvgIpc) is 2.46. The fourth-order valence-corrected chi connectivity index (χ4v) is 1.36. The van der Waals surface area contributed by atoms with Gasteiger partial charge in [-0.15, -0.1) is 5.10 Å². The minimum Gasteiger partial charge on any atom is -0.346 e. The van der Waals surface area contributed by atoms with Gasteiger partial charge in [0.15, 0.2) is 5.65 Å². The topological polar surface area (TPSA) is 33.4 Å². The zero-order valence-corrected chi connectivity index (χ0v) is 8.98. The van der Waals surface area contributed by atoms with Crippen molar-refractivity contribution in [2.24, 2.45) is 0 Å². The number of halogens is 1. The SMILES string of the molecule is CN(C)c1nc2ccc(Br)cn2n1. The van der Waals surface area contributed by atoms with Crippen molar-refractivity contribution >= 4 is 27.5 Å². The largest absolute Gasteiger partial charge is 0.346 e. The van der Waals surface area contributed by atoms with Crippen LogP contribution >= 0.6 is 15.9 Å². The third kappa shape index (κ3) is 1.51. The third-order valence-electron chi connectivity index (χ3n) is 1.68. The molecule has 5 heteroatoms. The third-order valence-corrected chi connectivity index (χ3v) is 2.15. The molecule has 2 aromatic heterocycles. The summed E-state index contributed by atoms with van der Waals surface area (Å²) in [6.45, 7) is 0. The molecule has 0 radical (unpaired) electrons. The van der Waals surface area contributed by atoms with Gasteiger partial charge in [-0.2, -0.15) is 4.98 Å². The second-order valence-corrected chi connectivity index (χ2v) is 3.87. The second-order valence-electron chi connectivity index (χ2n) is 2.96. The van der Waals surface area contributed by atoms with E-state index in [2.05, 4.69) is 26.0 Å². The molecule has 0 N–H and O–H groups in total. The smallest absolute Gasteiger partial charge is 0.245 e. The average molecular weight is 241 g/mol. The number of pyridine rings is 1. The standard InChI is InChI=1S/C8H9BrN4/c1-12(2)8-10-7-4-3-6(9)5-13(7)11-8/h3-5H,1-2H3.